The zero-order valence-electron chi connectivity index (χ0n) is 17.6. The van der Waals surface area contributed by atoms with Gasteiger partial charge in [-0.3, -0.25) is 9.59 Å². The second-order valence-electron chi connectivity index (χ2n) is 8.17. The number of imidazole rings is 1. The molecule has 6 nitrogen and oxygen atoms in total. The van der Waals surface area contributed by atoms with Gasteiger partial charge in [-0.15, -0.1) is 0 Å². The van der Waals surface area contributed by atoms with E-state index in [-0.39, 0.29) is 11.8 Å². The van der Waals surface area contributed by atoms with E-state index in [0.717, 1.165) is 29.4 Å². The summed E-state index contributed by atoms with van der Waals surface area (Å²) in [5.74, 6) is 0.539. The zero-order valence-corrected chi connectivity index (χ0v) is 17.6. The number of fused-ring (bicyclic) bond motifs is 1. The third-order valence-corrected chi connectivity index (χ3v) is 5.89. The van der Waals surface area contributed by atoms with Gasteiger partial charge < -0.3 is 15.6 Å². The molecule has 32 heavy (non-hydrogen) atoms. The van der Waals surface area contributed by atoms with E-state index in [1.54, 1.807) is 12.1 Å². The summed E-state index contributed by atoms with van der Waals surface area (Å²) >= 11 is 0. The molecule has 0 aliphatic heterocycles. The summed E-state index contributed by atoms with van der Waals surface area (Å²) in [6.45, 7) is 0. The Kier molecular flexibility index (Phi) is 5.42. The van der Waals surface area contributed by atoms with E-state index in [0.29, 0.717) is 28.7 Å². The molecular formula is C26H24N4O2. The molecule has 0 saturated heterocycles. The summed E-state index contributed by atoms with van der Waals surface area (Å²) in [5.41, 5.74) is 4.49. The number of carbonyl (C=O) groups excluding carboxylic acids is 2. The van der Waals surface area contributed by atoms with Crippen molar-refractivity contribution >= 4 is 28.5 Å². The minimum absolute atomic E-state index is 0.0214. The first-order valence-corrected chi connectivity index (χ1v) is 10.9. The topological polar surface area (TPSA) is 86.9 Å². The van der Waals surface area contributed by atoms with Crippen LogP contribution < -0.4 is 10.6 Å². The monoisotopic (exact) mass is 424 g/mol. The molecule has 0 bridgehead atoms. The van der Waals surface area contributed by atoms with Crippen molar-refractivity contribution in [1.29, 1.82) is 0 Å². The van der Waals surface area contributed by atoms with Crippen LogP contribution in [0.15, 0.2) is 72.8 Å². The molecule has 1 heterocycles. The van der Waals surface area contributed by atoms with Crippen molar-refractivity contribution in [2.45, 2.75) is 31.7 Å². The van der Waals surface area contributed by atoms with E-state index in [4.69, 9.17) is 0 Å². The molecule has 2 amide bonds. The van der Waals surface area contributed by atoms with Crippen LogP contribution in [0.5, 0.6) is 0 Å². The van der Waals surface area contributed by atoms with Gasteiger partial charge in [-0.25, -0.2) is 4.98 Å². The van der Waals surface area contributed by atoms with Gasteiger partial charge in [0.05, 0.1) is 11.0 Å². The van der Waals surface area contributed by atoms with E-state index in [9.17, 15) is 9.59 Å². The highest BCUT2D eigenvalue weighted by atomic mass is 16.2. The smallest absolute Gasteiger partial charge is 0.255 e. The van der Waals surface area contributed by atoms with Crippen molar-refractivity contribution in [2.24, 2.45) is 0 Å². The third kappa shape index (κ3) is 4.25. The average molecular weight is 425 g/mol. The van der Waals surface area contributed by atoms with Crippen molar-refractivity contribution in [3.63, 3.8) is 0 Å². The molecular weight excluding hydrogens is 400 g/mol. The van der Waals surface area contributed by atoms with Gasteiger partial charge in [-0.05, 0) is 55.3 Å². The van der Waals surface area contributed by atoms with Crippen LogP contribution in [0, 0.1) is 0 Å². The van der Waals surface area contributed by atoms with Gasteiger partial charge >= 0.3 is 0 Å². The number of aromatic nitrogens is 2. The minimum atomic E-state index is -0.156. The van der Waals surface area contributed by atoms with Crippen molar-refractivity contribution in [3.8, 4) is 11.4 Å². The van der Waals surface area contributed by atoms with Crippen LogP contribution in [0.4, 0.5) is 5.69 Å². The maximum atomic E-state index is 12.4. The molecule has 1 fully saturated rings. The Bertz CT molecular complexity index is 1260. The van der Waals surface area contributed by atoms with E-state index < -0.39 is 0 Å². The Morgan fingerprint density at radius 2 is 1.56 bits per heavy atom. The lowest BCUT2D eigenvalue weighted by Crippen LogP contribution is -2.32. The number of carbonyl (C=O) groups is 2. The lowest BCUT2D eigenvalue weighted by Gasteiger charge is -2.11. The number of aromatic amines is 1. The number of hydrogen-bond acceptors (Lipinski definition) is 3. The first-order chi connectivity index (χ1) is 15.7. The van der Waals surface area contributed by atoms with Crippen molar-refractivity contribution in [1.82, 2.24) is 15.3 Å². The highest BCUT2D eigenvalue weighted by Gasteiger charge is 2.18. The number of H-pyrrole nitrogens is 1. The molecule has 3 N–H and O–H groups in total. The standard InChI is InChI=1S/C26H24N4O2/c31-25(18-6-2-1-3-7-18)28-21-14-15-22-23(16-21)30-24(29-22)17-10-12-19(13-11-17)26(32)27-20-8-4-5-9-20/h1-3,6-7,10-16,20H,4-5,8-9H2,(H,27,32)(H,28,31)(H,29,30). The number of nitrogens with one attached hydrogen (secondary N) is 3. The Balaban J connectivity index is 1.31. The highest BCUT2D eigenvalue weighted by Crippen LogP contribution is 2.24. The predicted molar refractivity (Wildman–Crippen MR) is 126 cm³/mol. The van der Waals surface area contributed by atoms with Crippen LogP contribution in [-0.4, -0.2) is 27.8 Å². The van der Waals surface area contributed by atoms with Gasteiger partial charge in [0.15, 0.2) is 0 Å². The highest BCUT2D eigenvalue weighted by molar-refractivity contribution is 6.05. The van der Waals surface area contributed by atoms with Gasteiger partial charge in [0.2, 0.25) is 0 Å². The van der Waals surface area contributed by atoms with Crippen LogP contribution in [0.2, 0.25) is 0 Å². The molecule has 3 aromatic carbocycles. The van der Waals surface area contributed by atoms with Crippen LogP contribution in [-0.2, 0) is 0 Å². The summed E-state index contributed by atoms with van der Waals surface area (Å²) in [5, 5.41) is 6.03. The quantitative estimate of drug-likeness (QED) is 0.414. The Labute approximate surface area is 186 Å². The Morgan fingerprint density at radius 3 is 2.31 bits per heavy atom. The van der Waals surface area contributed by atoms with E-state index in [1.807, 2.05) is 60.7 Å². The van der Waals surface area contributed by atoms with E-state index >= 15 is 0 Å². The van der Waals surface area contributed by atoms with Crippen molar-refractivity contribution < 1.29 is 9.59 Å². The molecule has 1 aliphatic carbocycles. The maximum Gasteiger partial charge on any atom is 0.255 e. The SMILES string of the molecule is O=C(Nc1ccc2nc(-c3ccc(C(=O)NC4CCCC4)cc3)[nH]c2c1)c1ccccc1. The van der Waals surface area contributed by atoms with Crippen LogP contribution in [0.3, 0.4) is 0 Å². The van der Waals surface area contributed by atoms with Gasteiger partial charge in [0, 0.05) is 28.4 Å². The number of rotatable bonds is 5. The molecule has 0 radical (unpaired) electrons. The summed E-state index contributed by atoms with van der Waals surface area (Å²) in [6.07, 6.45) is 4.51. The average Bonchev–Trinajstić information content (AvgIpc) is 3.49. The first kappa shape index (κ1) is 20.0. The second kappa shape index (κ2) is 8.67. The second-order valence-corrected chi connectivity index (χ2v) is 8.17. The summed E-state index contributed by atoms with van der Waals surface area (Å²) in [7, 11) is 0. The Morgan fingerprint density at radius 1 is 0.844 bits per heavy atom. The van der Waals surface area contributed by atoms with Gasteiger partial charge in [-0.2, -0.15) is 0 Å². The summed E-state index contributed by atoms with van der Waals surface area (Å²) in [6, 6.07) is 22.5. The fourth-order valence-electron chi connectivity index (χ4n) is 4.14. The summed E-state index contributed by atoms with van der Waals surface area (Å²) < 4.78 is 0. The largest absolute Gasteiger partial charge is 0.349 e. The number of hydrogen-bond donors (Lipinski definition) is 3. The van der Waals surface area contributed by atoms with Gasteiger partial charge in [0.25, 0.3) is 11.8 Å². The summed E-state index contributed by atoms with van der Waals surface area (Å²) in [4.78, 5) is 32.8. The fraction of sp³-hybridized carbons (Fsp3) is 0.192. The molecule has 1 aromatic heterocycles. The molecule has 0 unspecified atom stereocenters. The van der Waals surface area contributed by atoms with Crippen LogP contribution in [0.25, 0.3) is 22.4 Å². The molecule has 1 aliphatic rings. The van der Waals surface area contributed by atoms with E-state index in [2.05, 4.69) is 20.6 Å². The van der Waals surface area contributed by atoms with Gasteiger partial charge in [0.1, 0.15) is 5.82 Å². The molecule has 1 saturated carbocycles. The van der Waals surface area contributed by atoms with Crippen LogP contribution in [0.1, 0.15) is 46.4 Å². The van der Waals surface area contributed by atoms with Crippen molar-refractivity contribution in [2.75, 3.05) is 5.32 Å². The molecule has 0 atom stereocenters. The lowest BCUT2D eigenvalue weighted by molar-refractivity contribution is 0.0937. The number of amides is 2. The normalized spacial score (nSPS) is 13.9. The predicted octanol–water partition coefficient (Wildman–Crippen LogP) is 5.15. The lowest BCUT2D eigenvalue weighted by atomic mass is 10.1. The maximum absolute atomic E-state index is 12.4. The molecule has 4 aromatic rings. The molecule has 6 heteroatoms. The van der Waals surface area contributed by atoms with Crippen molar-refractivity contribution in [3.05, 3.63) is 83.9 Å². The molecule has 160 valence electrons. The first-order valence-electron chi connectivity index (χ1n) is 10.9. The number of benzene rings is 3. The van der Waals surface area contributed by atoms with Gasteiger partial charge in [-0.1, -0.05) is 43.2 Å². The van der Waals surface area contributed by atoms with E-state index in [1.165, 1.54) is 12.8 Å². The third-order valence-electron chi connectivity index (χ3n) is 5.89. The minimum Gasteiger partial charge on any atom is -0.349 e. The fourth-order valence-corrected chi connectivity index (χ4v) is 4.14. The number of anilines is 1. The number of nitrogens with zero attached hydrogens (tertiary/aromatic N) is 1. The molecule has 5 rings (SSSR count). The zero-order chi connectivity index (χ0) is 21.9. The molecule has 0 spiro atoms. The Hall–Kier alpha value is -3.93. The van der Waals surface area contributed by atoms with Crippen LogP contribution >= 0.6 is 0 Å².